The molecule has 10 rings (SSSR count). The van der Waals surface area contributed by atoms with E-state index in [2.05, 4.69) is 0 Å². The van der Waals surface area contributed by atoms with Crippen LogP contribution in [0.15, 0.2) is 138 Å². The highest BCUT2D eigenvalue weighted by Crippen LogP contribution is 2.62. The van der Waals surface area contributed by atoms with Crippen molar-refractivity contribution in [2.24, 2.45) is 0 Å². The van der Waals surface area contributed by atoms with E-state index in [4.69, 9.17) is 4.42 Å². The molecule has 9 aromatic carbocycles. The maximum atomic E-state index is 11.7. The molecule has 0 aliphatic heterocycles. The summed E-state index contributed by atoms with van der Waals surface area (Å²) in [5, 5.41) is 93.0. The van der Waals surface area contributed by atoms with Crippen LogP contribution in [0.1, 0.15) is 0 Å². The van der Waals surface area contributed by atoms with E-state index in [1.165, 1.54) is 0 Å². The number of furan rings is 1. The topological polar surface area (TPSA) is 175 Å². The molecular formula is C48H30O9. The second kappa shape index (κ2) is 12.2. The van der Waals surface area contributed by atoms with Gasteiger partial charge in [-0.25, -0.2) is 0 Å². The minimum Gasteiger partial charge on any atom is -0.504 e. The summed E-state index contributed by atoms with van der Waals surface area (Å²) < 4.78 is 6.20. The van der Waals surface area contributed by atoms with Crippen LogP contribution in [0.25, 0.3) is 98.8 Å². The van der Waals surface area contributed by atoms with Gasteiger partial charge in [-0.1, -0.05) is 109 Å². The predicted octanol–water partition coefficient (Wildman–Crippen LogP) is 11.4. The highest BCUT2D eigenvalue weighted by molar-refractivity contribution is 6.29. The molecule has 0 saturated heterocycles. The van der Waals surface area contributed by atoms with Crippen LogP contribution in [0, 0.1) is 0 Å². The van der Waals surface area contributed by atoms with E-state index >= 15 is 0 Å². The summed E-state index contributed by atoms with van der Waals surface area (Å²) in [4.78, 5) is 0. The van der Waals surface area contributed by atoms with Gasteiger partial charge in [0.15, 0.2) is 23.0 Å². The number of hydrogen-bond acceptors (Lipinski definition) is 9. The number of phenols is 8. The molecule has 0 aliphatic rings. The monoisotopic (exact) mass is 750 g/mol. The van der Waals surface area contributed by atoms with Crippen molar-refractivity contribution in [3.8, 4) is 90.5 Å². The van der Waals surface area contributed by atoms with Crippen LogP contribution in [-0.4, -0.2) is 40.9 Å². The van der Waals surface area contributed by atoms with Gasteiger partial charge < -0.3 is 45.3 Å². The van der Waals surface area contributed by atoms with Crippen LogP contribution < -0.4 is 0 Å². The van der Waals surface area contributed by atoms with Gasteiger partial charge in [0.05, 0.1) is 0 Å². The molecule has 0 aliphatic carbocycles. The molecule has 276 valence electrons. The molecule has 0 fully saturated rings. The first kappa shape index (κ1) is 33.5. The number of benzene rings is 9. The van der Waals surface area contributed by atoms with E-state index in [0.717, 1.165) is 38.4 Å². The summed E-state index contributed by atoms with van der Waals surface area (Å²) in [7, 11) is 0. The van der Waals surface area contributed by atoms with E-state index in [9.17, 15) is 40.9 Å². The Morgan fingerprint density at radius 1 is 0.281 bits per heavy atom. The van der Waals surface area contributed by atoms with Crippen LogP contribution in [0.5, 0.6) is 46.0 Å². The molecule has 8 N–H and O–H groups in total. The van der Waals surface area contributed by atoms with Gasteiger partial charge in [-0.15, -0.1) is 0 Å². The first-order chi connectivity index (χ1) is 27.6. The molecule has 9 nitrogen and oxygen atoms in total. The normalized spacial score (nSPS) is 11.7. The molecule has 0 radical (unpaired) electrons. The van der Waals surface area contributed by atoms with Crippen molar-refractivity contribution in [1.82, 2.24) is 0 Å². The third-order valence-electron chi connectivity index (χ3n) is 10.9. The molecule has 1 aromatic heterocycles. The standard InChI is InChI=1S/C48H30O9/c49-41-37-35(27-16-14-26(15-17-27)25-12-10-24(11-13-25)23-6-2-1-3-7-23)38-40(44(52)48(56)46(54)42(38)50)36(39(37)43(51)47(55)45(41)53)30-18-19-33-31(21-30)32-20-28-8-4-5-9-29(28)22-34(32)57-33/h1-22,49-56H. The highest BCUT2D eigenvalue weighted by atomic mass is 16.4. The molecule has 0 amide bonds. The Morgan fingerprint density at radius 2 is 0.649 bits per heavy atom. The summed E-state index contributed by atoms with van der Waals surface area (Å²) in [5.41, 5.74) is 5.51. The van der Waals surface area contributed by atoms with Crippen molar-refractivity contribution in [1.29, 1.82) is 0 Å². The zero-order valence-electron chi connectivity index (χ0n) is 29.7. The van der Waals surface area contributed by atoms with Gasteiger partial charge in [0.2, 0.25) is 23.0 Å². The Hall–Kier alpha value is -8.04. The van der Waals surface area contributed by atoms with Gasteiger partial charge in [0.25, 0.3) is 0 Å². The molecule has 1 heterocycles. The SMILES string of the molecule is Oc1c(O)c(O)c2c(-c3ccc4oc5cc6ccccc6cc5c4c3)c3c(O)c(O)c(O)c(O)c3c(-c3ccc(-c4ccc(-c5ccccc5)cc4)cc3)c2c1O. The fourth-order valence-electron chi connectivity index (χ4n) is 8.13. The number of hydrogen-bond donors (Lipinski definition) is 8. The molecule has 0 spiro atoms. The zero-order chi connectivity index (χ0) is 39.3. The van der Waals surface area contributed by atoms with Gasteiger partial charge in [0, 0.05) is 43.4 Å². The molecule has 0 unspecified atom stereocenters. The molecule has 0 atom stereocenters. The summed E-state index contributed by atoms with van der Waals surface area (Å²) in [6.07, 6.45) is 0. The van der Waals surface area contributed by atoms with Gasteiger partial charge in [-0.05, 0) is 68.4 Å². The van der Waals surface area contributed by atoms with E-state index < -0.39 is 46.0 Å². The van der Waals surface area contributed by atoms with Crippen LogP contribution >= 0.6 is 0 Å². The van der Waals surface area contributed by atoms with Crippen molar-refractivity contribution in [3.63, 3.8) is 0 Å². The lowest BCUT2D eigenvalue weighted by Gasteiger charge is -2.22. The number of phenolic OH excluding ortho intramolecular Hbond substituents is 8. The average molecular weight is 751 g/mol. The van der Waals surface area contributed by atoms with Crippen LogP contribution in [0.2, 0.25) is 0 Å². The third-order valence-corrected chi connectivity index (χ3v) is 10.9. The first-order valence-corrected chi connectivity index (χ1v) is 18.0. The quantitative estimate of drug-likeness (QED) is 0.0494. The van der Waals surface area contributed by atoms with Crippen LogP contribution in [0.3, 0.4) is 0 Å². The molecular weight excluding hydrogens is 721 g/mol. The van der Waals surface area contributed by atoms with Crippen molar-refractivity contribution in [2.75, 3.05) is 0 Å². The number of aromatic hydroxyl groups is 8. The minimum absolute atomic E-state index is 0.0257. The Kier molecular flexibility index (Phi) is 7.20. The lowest BCUT2D eigenvalue weighted by Crippen LogP contribution is -1.94. The summed E-state index contributed by atoms with van der Waals surface area (Å²) in [5.74, 6) is -7.50. The third kappa shape index (κ3) is 4.89. The van der Waals surface area contributed by atoms with Crippen molar-refractivity contribution in [3.05, 3.63) is 133 Å². The Morgan fingerprint density at radius 3 is 1.14 bits per heavy atom. The van der Waals surface area contributed by atoms with E-state index in [1.54, 1.807) is 42.5 Å². The Balaban J connectivity index is 1.26. The molecule has 57 heavy (non-hydrogen) atoms. The zero-order valence-corrected chi connectivity index (χ0v) is 29.7. The van der Waals surface area contributed by atoms with Gasteiger partial charge in [0.1, 0.15) is 11.2 Å². The maximum Gasteiger partial charge on any atom is 0.204 e. The lowest BCUT2D eigenvalue weighted by molar-refractivity contribution is 0.350. The fourth-order valence-corrected chi connectivity index (χ4v) is 8.13. The first-order valence-electron chi connectivity index (χ1n) is 18.0. The second-order valence-corrected chi connectivity index (χ2v) is 14.1. The summed E-state index contributed by atoms with van der Waals surface area (Å²) in [6.45, 7) is 0. The van der Waals surface area contributed by atoms with Crippen molar-refractivity contribution < 1.29 is 45.3 Å². The lowest BCUT2D eigenvalue weighted by atomic mass is 9.83. The van der Waals surface area contributed by atoms with E-state index in [-0.39, 0.29) is 32.7 Å². The minimum atomic E-state index is -1.03. The molecule has 0 bridgehead atoms. The Labute approximate surface area is 322 Å². The molecule has 10 aromatic rings. The smallest absolute Gasteiger partial charge is 0.204 e. The fraction of sp³-hybridized carbons (Fsp3) is 0. The van der Waals surface area contributed by atoms with Crippen molar-refractivity contribution >= 4 is 54.3 Å². The highest BCUT2D eigenvalue weighted by Gasteiger charge is 2.32. The van der Waals surface area contributed by atoms with Crippen LogP contribution in [-0.2, 0) is 0 Å². The van der Waals surface area contributed by atoms with Gasteiger partial charge in [-0.2, -0.15) is 0 Å². The summed E-state index contributed by atoms with van der Waals surface area (Å²) >= 11 is 0. The van der Waals surface area contributed by atoms with E-state index in [1.807, 2.05) is 91.0 Å². The predicted molar refractivity (Wildman–Crippen MR) is 221 cm³/mol. The van der Waals surface area contributed by atoms with Gasteiger partial charge >= 0.3 is 0 Å². The second-order valence-electron chi connectivity index (χ2n) is 14.1. The van der Waals surface area contributed by atoms with Gasteiger partial charge in [-0.3, -0.25) is 0 Å². The average Bonchev–Trinajstić information content (AvgIpc) is 3.61. The summed E-state index contributed by atoms with van der Waals surface area (Å²) in [6, 6.07) is 41.6. The number of fused-ring (bicyclic) bond motifs is 6. The van der Waals surface area contributed by atoms with Crippen LogP contribution in [0.4, 0.5) is 0 Å². The maximum absolute atomic E-state index is 11.7. The Bertz CT molecular complexity index is 3210. The largest absolute Gasteiger partial charge is 0.504 e. The number of rotatable bonds is 4. The molecule has 0 saturated carbocycles. The van der Waals surface area contributed by atoms with Crippen molar-refractivity contribution in [2.45, 2.75) is 0 Å². The van der Waals surface area contributed by atoms with E-state index in [0.29, 0.717) is 27.7 Å². The molecule has 9 heteroatoms.